The predicted octanol–water partition coefficient (Wildman–Crippen LogP) is 3.79. The molecule has 0 aromatic heterocycles. The molecule has 112 valence electrons. The quantitative estimate of drug-likeness (QED) is 0.792. The van der Waals surface area contributed by atoms with Gasteiger partial charge >= 0.3 is 0 Å². The van der Waals surface area contributed by atoms with Crippen molar-refractivity contribution in [3.63, 3.8) is 0 Å². The normalized spacial score (nSPS) is 29.5. The van der Waals surface area contributed by atoms with Crippen LogP contribution in [0.4, 0.5) is 0 Å². The Balaban J connectivity index is 1.81. The molecule has 0 radical (unpaired) electrons. The lowest BCUT2D eigenvalue weighted by molar-refractivity contribution is 0.140. The lowest BCUT2D eigenvalue weighted by Crippen LogP contribution is -2.40. The Labute approximate surface area is 120 Å². The molecule has 0 atom stereocenters. The van der Waals surface area contributed by atoms with Gasteiger partial charge in [-0.2, -0.15) is 0 Å². The van der Waals surface area contributed by atoms with Gasteiger partial charge in [-0.1, -0.05) is 26.7 Å². The van der Waals surface area contributed by atoms with Crippen LogP contribution in [-0.2, 0) is 0 Å². The molecule has 2 saturated carbocycles. The van der Waals surface area contributed by atoms with Crippen LogP contribution in [0.15, 0.2) is 0 Å². The third kappa shape index (κ3) is 5.07. The maximum atomic E-state index is 6.03. The molecule has 0 aromatic carbocycles. The van der Waals surface area contributed by atoms with Gasteiger partial charge in [0.2, 0.25) is 0 Å². The molecular formula is C17H34N2. The van der Waals surface area contributed by atoms with E-state index in [0.29, 0.717) is 6.04 Å². The molecule has 0 aliphatic heterocycles. The topological polar surface area (TPSA) is 29.3 Å². The first-order valence-electron chi connectivity index (χ1n) is 8.64. The van der Waals surface area contributed by atoms with E-state index in [0.717, 1.165) is 17.9 Å². The third-order valence-electron chi connectivity index (χ3n) is 5.22. The summed E-state index contributed by atoms with van der Waals surface area (Å²) in [7, 11) is 0. The molecular weight excluding hydrogens is 232 g/mol. The fourth-order valence-corrected chi connectivity index (χ4v) is 3.82. The molecule has 2 heteroatoms. The summed E-state index contributed by atoms with van der Waals surface area (Å²) < 4.78 is 0. The van der Waals surface area contributed by atoms with Crippen molar-refractivity contribution in [2.45, 2.75) is 83.7 Å². The molecule has 2 rings (SSSR count). The van der Waals surface area contributed by atoms with Gasteiger partial charge in [-0.25, -0.2) is 0 Å². The van der Waals surface area contributed by atoms with E-state index >= 15 is 0 Å². The maximum Gasteiger partial charge on any atom is 0.00953 e. The van der Waals surface area contributed by atoms with Gasteiger partial charge in [-0.15, -0.1) is 0 Å². The molecule has 2 aliphatic carbocycles. The van der Waals surface area contributed by atoms with Gasteiger partial charge in [-0.3, -0.25) is 0 Å². The lowest BCUT2D eigenvalue weighted by Gasteiger charge is -2.35. The molecule has 2 nitrogen and oxygen atoms in total. The zero-order valence-electron chi connectivity index (χ0n) is 13.1. The standard InChI is InChI=1S/C17H34N2/c1-14(2)11-12-19(17-5-3-4-6-17)13-15-7-9-16(18)10-8-15/h14-17H,3-13,18H2,1-2H3. The van der Waals surface area contributed by atoms with Gasteiger partial charge < -0.3 is 10.6 Å². The Bertz CT molecular complexity index is 238. The highest BCUT2D eigenvalue weighted by Gasteiger charge is 2.26. The molecule has 2 fully saturated rings. The van der Waals surface area contributed by atoms with Crippen molar-refractivity contribution < 1.29 is 0 Å². The van der Waals surface area contributed by atoms with Crippen molar-refractivity contribution in [2.75, 3.05) is 13.1 Å². The number of nitrogens with two attached hydrogens (primary N) is 1. The zero-order chi connectivity index (χ0) is 13.7. The van der Waals surface area contributed by atoms with E-state index in [-0.39, 0.29) is 0 Å². The van der Waals surface area contributed by atoms with Gasteiger partial charge in [0.1, 0.15) is 0 Å². The van der Waals surface area contributed by atoms with Crippen LogP contribution in [0.2, 0.25) is 0 Å². The van der Waals surface area contributed by atoms with Gasteiger partial charge in [0.25, 0.3) is 0 Å². The summed E-state index contributed by atoms with van der Waals surface area (Å²) in [6.07, 6.45) is 12.4. The van der Waals surface area contributed by atoms with Crippen LogP contribution in [0.25, 0.3) is 0 Å². The van der Waals surface area contributed by atoms with Crippen molar-refractivity contribution in [2.24, 2.45) is 17.6 Å². The Morgan fingerprint density at radius 3 is 2.21 bits per heavy atom. The molecule has 0 spiro atoms. The van der Waals surface area contributed by atoms with Crippen molar-refractivity contribution >= 4 is 0 Å². The van der Waals surface area contributed by atoms with Crippen LogP contribution in [0.1, 0.15) is 71.6 Å². The van der Waals surface area contributed by atoms with Crippen LogP contribution in [0.5, 0.6) is 0 Å². The summed E-state index contributed by atoms with van der Waals surface area (Å²) in [6, 6.07) is 1.39. The summed E-state index contributed by atoms with van der Waals surface area (Å²) in [6.45, 7) is 7.38. The van der Waals surface area contributed by atoms with Gasteiger partial charge in [0.15, 0.2) is 0 Å². The van der Waals surface area contributed by atoms with Gasteiger partial charge in [-0.05, 0) is 63.3 Å². The van der Waals surface area contributed by atoms with E-state index in [4.69, 9.17) is 5.73 Å². The molecule has 0 amide bonds. The average molecular weight is 266 g/mol. The second kappa shape index (κ2) is 7.64. The zero-order valence-corrected chi connectivity index (χ0v) is 13.1. The van der Waals surface area contributed by atoms with E-state index in [1.807, 2.05) is 0 Å². The Hall–Kier alpha value is -0.0800. The molecule has 0 unspecified atom stereocenters. The Morgan fingerprint density at radius 2 is 1.63 bits per heavy atom. The fraction of sp³-hybridized carbons (Fsp3) is 1.00. The van der Waals surface area contributed by atoms with Gasteiger partial charge in [0.05, 0.1) is 0 Å². The first-order chi connectivity index (χ1) is 9.15. The average Bonchev–Trinajstić information content (AvgIpc) is 2.90. The number of hydrogen-bond acceptors (Lipinski definition) is 2. The highest BCUT2D eigenvalue weighted by atomic mass is 15.2. The van der Waals surface area contributed by atoms with E-state index in [1.54, 1.807) is 0 Å². The largest absolute Gasteiger partial charge is 0.328 e. The van der Waals surface area contributed by atoms with Crippen LogP contribution in [-0.4, -0.2) is 30.1 Å². The molecule has 2 aliphatic rings. The minimum absolute atomic E-state index is 0.492. The first kappa shape index (κ1) is 15.3. The summed E-state index contributed by atoms with van der Waals surface area (Å²) in [5.41, 5.74) is 6.03. The second-order valence-electron chi connectivity index (χ2n) is 7.40. The molecule has 0 saturated heterocycles. The van der Waals surface area contributed by atoms with E-state index in [1.165, 1.54) is 70.9 Å². The van der Waals surface area contributed by atoms with Crippen LogP contribution < -0.4 is 5.73 Å². The van der Waals surface area contributed by atoms with E-state index in [9.17, 15) is 0 Å². The fourth-order valence-electron chi connectivity index (χ4n) is 3.82. The minimum atomic E-state index is 0.492. The minimum Gasteiger partial charge on any atom is -0.328 e. The summed E-state index contributed by atoms with van der Waals surface area (Å²) in [5.74, 6) is 1.76. The summed E-state index contributed by atoms with van der Waals surface area (Å²) in [5, 5.41) is 0. The van der Waals surface area contributed by atoms with Gasteiger partial charge in [0, 0.05) is 18.6 Å². The highest BCUT2D eigenvalue weighted by molar-refractivity contribution is 4.82. The highest BCUT2D eigenvalue weighted by Crippen LogP contribution is 2.29. The summed E-state index contributed by atoms with van der Waals surface area (Å²) in [4.78, 5) is 2.84. The smallest absolute Gasteiger partial charge is 0.00953 e. The number of rotatable bonds is 6. The molecule has 19 heavy (non-hydrogen) atoms. The Morgan fingerprint density at radius 1 is 1.00 bits per heavy atom. The third-order valence-corrected chi connectivity index (χ3v) is 5.22. The van der Waals surface area contributed by atoms with E-state index in [2.05, 4.69) is 18.7 Å². The molecule has 0 aromatic rings. The second-order valence-corrected chi connectivity index (χ2v) is 7.40. The van der Waals surface area contributed by atoms with Crippen LogP contribution in [0, 0.1) is 11.8 Å². The Kier molecular flexibility index (Phi) is 6.15. The van der Waals surface area contributed by atoms with Crippen molar-refractivity contribution in [3.05, 3.63) is 0 Å². The van der Waals surface area contributed by atoms with Crippen LogP contribution >= 0.6 is 0 Å². The van der Waals surface area contributed by atoms with Crippen molar-refractivity contribution in [1.82, 2.24) is 4.90 Å². The maximum absolute atomic E-state index is 6.03. The lowest BCUT2D eigenvalue weighted by atomic mass is 9.86. The SMILES string of the molecule is CC(C)CCN(CC1CCC(N)CC1)C1CCCC1. The first-order valence-corrected chi connectivity index (χ1v) is 8.64. The number of hydrogen-bond donors (Lipinski definition) is 1. The van der Waals surface area contributed by atoms with Crippen LogP contribution in [0.3, 0.4) is 0 Å². The monoisotopic (exact) mass is 266 g/mol. The molecule has 0 heterocycles. The van der Waals surface area contributed by atoms with Crippen molar-refractivity contribution in [3.8, 4) is 0 Å². The molecule has 2 N–H and O–H groups in total. The molecule has 0 bridgehead atoms. The predicted molar refractivity (Wildman–Crippen MR) is 83.2 cm³/mol. The van der Waals surface area contributed by atoms with Crippen molar-refractivity contribution in [1.29, 1.82) is 0 Å². The summed E-state index contributed by atoms with van der Waals surface area (Å²) >= 11 is 0. The van der Waals surface area contributed by atoms with E-state index < -0.39 is 0 Å². The number of nitrogens with zero attached hydrogens (tertiary/aromatic N) is 1.